The van der Waals surface area contributed by atoms with E-state index in [2.05, 4.69) is 0 Å². The second kappa shape index (κ2) is 8.90. The Balaban J connectivity index is 2.07. The predicted molar refractivity (Wildman–Crippen MR) is 112 cm³/mol. The molecule has 3 aromatic rings. The summed E-state index contributed by atoms with van der Waals surface area (Å²) in [6, 6.07) is 10.3. The maximum absolute atomic E-state index is 12.7. The predicted octanol–water partition coefficient (Wildman–Crippen LogP) is 4.12. The van der Waals surface area contributed by atoms with Crippen molar-refractivity contribution in [2.75, 3.05) is 20.8 Å². The van der Waals surface area contributed by atoms with Gasteiger partial charge >= 0.3 is 11.6 Å². The SMILES string of the molecule is CCOC(=O)C(C)Oc1ccc2oc(=O)c(-c3ccc(OC)c(OC)c3)c(C)c2c1. The number of hydrogen-bond donors (Lipinski definition) is 0. The lowest BCUT2D eigenvalue weighted by Crippen LogP contribution is -2.26. The summed E-state index contributed by atoms with van der Waals surface area (Å²) in [5, 5.41) is 0.702. The van der Waals surface area contributed by atoms with Crippen molar-refractivity contribution in [2.24, 2.45) is 0 Å². The fraction of sp³-hybridized carbons (Fsp3) is 0.304. The molecule has 0 saturated carbocycles. The van der Waals surface area contributed by atoms with Gasteiger partial charge in [-0.1, -0.05) is 6.07 Å². The third-order valence-electron chi connectivity index (χ3n) is 4.74. The molecule has 0 aliphatic heterocycles. The third-order valence-corrected chi connectivity index (χ3v) is 4.74. The zero-order chi connectivity index (χ0) is 21.8. The van der Waals surface area contributed by atoms with E-state index in [0.717, 1.165) is 5.56 Å². The lowest BCUT2D eigenvalue weighted by molar-refractivity contribution is -0.150. The third kappa shape index (κ3) is 4.10. The zero-order valence-corrected chi connectivity index (χ0v) is 17.6. The lowest BCUT2D eigenvalue weighted by Gasteiger charge is -2.15. The lowest BCUT2D eigenvalue weighted by atomic mass is 9.99. The molecule has 30 heavy (non-hydrogen) atoms. The summed E-state index contributed by atoms with van der Waals surface area (Å²) in [5.74, 6) is 1.10. The molecule has 7 heteroatoms. The number of hydrogen-bond acceptors (Lipinski definition) is 7. The highest BCUT2D eigenvalue weighted by molar-refractivity contribution is 5.88. The van der Waals surface area contributed by atoms with Crippen molar-refractivity contribution in [3.8, 4) is 28.4 Å². The Morgan fingerprint density at radius 1 is 1.07 bits per heavy atom. The highest BCUT2D eigenvalue weighted by Gasteiger charge is 2.19. The first kappa shape index (κ1) is 21.2. The highest BCUT2D eigenvalue weighted by Crippen LogP contribution is 2.34. The van der Waals surface area contributed by atoms with Crippen LogP contribution in [-0.4, -0.2) is 32.9 Å². The summed E-state index contributed by atoms with van der Waals surface area (Å²) in [7, 11) is 3.08. The molecule has 0 saturated heterocycles. The Bertz CT molecular complexity index is 1130. The van der Waals surface area contributed by atoms with E-state index in [9.17, 15) is 9.59 Å². The van der Waals surface area contributed by atoms with Gasteiger partial charge in [-0.3, -0.25) is 0 Å². The molecule has 7 nitrogen and oxygen atoms in total. The van der Waals surface area contributed by atoms with E-state index < -0.39 is 17.7 Å². The van der Waals surface area contributed by atoms with Gasteiger partial charge in [0.25, 0.3) is 0 Å². The molecule has 0 radical (unpaired) electrons. The summed E-state index contributed by atoms with van der Waals surface area (Å²) in [6.07, 6.45) is -0.760. The standard InChI is InChI=1S/C23H24O7/c1-6-28-22(24)14(3)29-16-8-10-18-17(12-16)13(2)21(23(25)30-18)15-7-9-19(26-4)20(11-15)27-5/h7-12,14H,6H2,1-5H3. The minimum Gasteiger partial charge on any atom is -0.493 e. The van der Waals surface area contributed by atoms with Crippen LogP contribution in [0.3, 0.4) is 0 Å². The van der Waals surface area contributed by atoms with Crippen LogP contribution < -0.4 is 19.8 Å². The first-order valence-electron chi connectivity index (χ1n) is 9.52. The fourth-order valence-corrected chi connectivity index (χ4v) is 3.24. The van der Waals surface area contributed by atoms with Crippen LogP contribution in [0.2, 0.25) is 0 Å². The van der Waals surface area contributed by atoms with E-state index in [4.69, 9.17) is 23.4 Å². The smallest absolute Gasteiger partial charge is 0.347 e. The van der Waals surface area contributed by atoms with Crippen LogP contribution in [0.4, 0.5) is 0 Å². The molecule has 1 heterocycles. The van der Waals surface area contributed by atoms with Crippen molar-refractivity contribution in [1.29, 1.82) is 0 Å². The molecule has 158 valence electrons. The summed E-state index contributed by atoms with van der Waals surface area (Å²) >= 11 is 0. The first-order valence-corrected chi connectivity index (χ1v) is 9.52. The van der Waals surface area contributed by atoms with Gasteiger partial charge < -0.3 is 23.4 Å². The van der Waals surface area contributed by atoms with Gasteiger partial charge in [0.1, 0.15) is 11.3 Å². The summed E-state index contributed by atoms with van der Waals surface area (Å²) < 4.78 is 26.8. The fourth-order valence-electron chi connectivity index (χ4n) is 3.24. The highest BCUT2D eigenvalue weighted by atomic mass is 16.6. The van der Waals surface area contributed by atoms with Crippen molar-refractivity contribution in [3.63, 3.8) is 0 Å². The van der Waals surface area contributed by atoms with Crippen LogP contribution in [-0.2, 0) is 9.53 Å². The van der Waals surface area contributed by atoms with Gasteiger partial charge in [0.2, 0.25) is 0 Å². The maximum atomic E-state index is 12.7. The monoisotopic (exact) mass is 412 g/mol. The van der Waals surface area contributed by atoms with Crippen LogP contribution >= 0.6 is 0 Å². The van der Waals surface area contributed by atoms with Crippen molar-refractivity contribution in [1.82, 2.24) is 0 Å². The van der Waals surface area contributed by atoms with Crippen molar-refractivity contribution in [3.05, 3.63) is 52.4 Å². The molecule has 2 aromatic carbocycles. The van der Waals surface area contributed by atoms with E-state index in [1.54, 1.807) is 57.4 Å². The van der Waals surface area contributed by atoms with E-state index in [-0.39, 0.29) is 6.61 Å². The van der Waals surface area contributed by atoms with Crippen molar-refractivity contribution in [2.45, 2.75) is 26.9 Å². The second-order valence-electron chi connectivity index (χ2n) is 6.63. The molecule has 3 rings (SSSR count). The molecule has 0 spiro atoms. The quantitative estimate of drug-likeness (QED) is 0.426. The summed E-state index contributed by atoms with van der Waals surface area (Å²) in [5.41, 5.74) is 1.76. The molecule has 1 atom stereocenters. The van der Waals surface area contributed by atoms with E-state index in [1.807, 2.05) is 6.92 Å². The average Bonchev–Trinajstić information content (AvgIpc) is 2.74. The summed E-state index contributed by atoms with van der Waals surface area (Å²) in [6.45, 7) is 5.48. The maximum Gasteiger partial charge on any atom is 0.347 e. The number of carbonyl (C=O) groups excluding carboxylic acids is 1. The number of carbonyl (C=O) groups is 1. The molecule has 0 aliphatic rings. The van der Waals surface area contributed by atoms with Gasteiger partial charge in [-0.2, -0.15) is 0 Å². The average molecular weight is 412 g/mol. The molecule has 0 fully saturated rings. The summed E-state index contributed by atoms with van der Waals surface area (Å²) in [4.78, 5) is 24.5. The number of ether oxygens (including phenoxy) is 4. The van der Waals surface area contributed by atoms with E-state index in [1.165, 1.54) is 7.11 Å². The minimum atomic E-state index is -0.760. The largest absolute Gasteiger partial charge is 0.493 e. The van der Waals surface area contributed by atoms with Gasteiger partial charge in [0.05, 0.1) is 26.4 Å². The van der Waals surface area contributed by atoms with Crippen molar-refractivity contribution < 1.29 is 28.2 Å². The molecule has 0 N–H and O–H groups in total. The molecule has 1 aromatic heterocycles. The van der Waals surface area contributed by atoms with Crippen LogP contribution in [0.5, 0.6) is 17.2 Å². The van der Waals surface area contributed by atoms with Crippen molar-refractivity contribution >= 4 is 16.9 Å². The minimum absolute atomic E-state index is 0.281. The molecule has 1 unspecified atom stereocenters. The molecule has 0 aliphatic carbocycles. The number of benzene rings is 2. The number of rotatable bonds is 7. The Morgan fingerprint density at radius 2 is 1.80 bits per heavy atom. The van der Waals surface area contributed by atoms with Crippen LogP contribution in [0.1, 0.15) is 19.4 Å². The topological polar surface area (TPSA) is 84.2 Å². The van der Waals surface area contributed by atoms with Gasteiger partial charge in [-0.05, 0) is 62.2 Å². The molecule has 0 bridgehead atoms. The Hall–Kier alpha value is -3.48. The molecule has 0 amide bonds. The van der Waals surface area contributed by atoms with Crippen LogP contribution in [0, 0.1) is 6.92 Å². The molecular weight excluding hydrogens is 388 g/mol. The van der Waals surface area contributed by atoms with Gasteiger partial charge in [-0.15, -0.1) is 0 Å². The van der Waals surface area contributed by atoms with Crippen LogP contribution in [0.15, 0.2) is 45.6 Å². The van der Waals surface area contributed by atoms with Gasteiger partial charge in [-0.25, -0.2) is 9.59 Å². The normalized spacial score (nSPS) is 11.8. The van der Waals surface area contributed by atoms with E-state index in [0.29, 0.717) is 39.3 Å². The van der Waals surface area contributed by atoms with Crippen LogP contribution in [0.25, 0.3) is 22.1 Å². The van der Waals surface area contributed by atoms with E-state index >= 15 is 0 Å². The number of esters is 1. The Kier molecular flexibility index (Phi) is 6.30. The Morgan fingerprint density at radius 3 is 2.47 bits per heavy atom. The number of methoxy groups -OCH3 is 2. The Labute approximate surface area is 174 Å². The second-order valence-corrected chi connectivity index (χ2v) is 6.63. The van der Waals surface area contributed by atoms with Gasteiger partial charge in [0, 0.05) is 5.39 Å². The zero-order valence-electron chi connectivity index (χ0n) is 17.6. The number of fused-ring (bicyclic) bond motifs is 1. The number of aryl methyl sites for hydroxylation is 1. The van der Waals surface area contributed by atoms with Gasteiger partial charge in [0.15, 0.2) is 17.6 Å². The molecular formula is C23H24O7. The first-order chi connectivity index (χ1) is 14.4.